The maximum Gasteiger partial charge on any atom is 0.0780 e. The zero-order valence-electron chi connectivity index (χ0n) is 14.0. The van der Waals surface area contributed by atoms with Gasteiger partial charge in [0.05, 0.1) is 55.4 Å². The molecule has 2 N–H and O–H groups in total. The Morgan fingerprint density at radius 1 is 0.556 bits per heavy atom. The summed E-state index contributed by atoms with van der Waals surface area (Å²) in [6.45, 7) is 7.07. The van der Waals surface area contributed by atoms with E-state index in [0.717, 1.165) is 8.97 Å². The van der Waals surface area contributed by atoms with Gasteiger partial charge in [0.15, 0.2) is 0 Å². The van der Waals surface area contributed by atoms with Crippen LogP contribution in [0.25, 0.3) is 0 Å². The fourth-order valence-electron chi connectivity index (χ4n) is 1.26. The molecule has 0 heterocycles. The molecule has 0 radical (unpaired) electrons. The van der Waals surface area contributed by atoms with E-state index in [4.69, 9.17) is 0 Å². The van der Waals surface area contributed by atoms with Crippen LogP contribution in [0.4, 0.5) is 0 Å². The van der Waals surface area contributed by atoms with Gasteiger partial charge in [0.25, 0.3) is 0 Å². The Bertz CT molecular complexity index is 131. The monoisotopic (exact) mass is 266 g/mol. The topological polar surface area (TPSA) is 60.0 Å². The smallest absolute Gasteiger partial charge is 0.0780 e. The summed E-state index contributed by atoms with van der Waals surface area (Å²) in [7, 11) is 13.4. The molecule has 0 fully saturated rings. The van der Waals surface area contributed by atoms with E-state index in [2.05, 4.69) is 56.1 Å². The van der Waals surface area contributed by atoms with Crippen molar-refractivity contribution >= 4 is 0 Å². The summed E-state index contributed by atoms with van der Waals surface area (Å²) in [5.74, 6) is 0. The summed E-state index contributed by atoms with van der Waals surface area (Å²) < 4.78 is 2.21. The van der Waals surface area contributed by atoms with Gasteiger partial charge in [-0.05, 0) is 12.8 Å². The lowest BCUT2D eigenvalue weighted by Gasteiger charge is -2.23. The first-order chi connectivity index (χ1) is 7.12. The average molecular weight is 266 g/mol. The van der Waals surface area contributed by atoms with Crippen molar-refractivity contribution in [3.05, 3.63) is 0 Å². The molecule has 0 aromatic heterocycles. The zero-order valence-corrected chi connectivity index (χ0v) is 14.0. The molecular weight excluding hydrogens is 228 g/mol. The SMILES string of the molecule is CCCC[N+](C)(C)C.CCCC[N+](C)(C)C.[OH-].[OH-]. The van der Waals surface area contributed by atoms with Crippen LogP contribution in [0.3, 0.4) is 0 Å². The van der Waals surface area contributed by atoms with Crippen molar-refractivity contribution in [2.75, 3.05) is 55.4 Å². The molecule has 0 rings (SSSR count). The molecule has 0 unspecified atom stereocenters. The first kappa shape index (κ1) is 26.4. The van der Waals surface area contributed by atoms with Gasteiger partial charge in [0.2, 0.25) is 0 Å². The Kier molecular flexibility index (Phi) is 19.5. The highest BCUT2D eigenvalue weighted by atomic mass is 16.0. The Balaban J connectivity index is -0.0000000980. The van der Waals surface area contributed by atoms with E-state index >= 15 is 0 Å². The predicted octanol–water partition coefficient (Wildman–Crippen LogP) is 2.63. The minimum atomic E-state index is 0. The van der Waals surface area contributed by atoms with Crippen LogP contribution >= 0.6 is 0 Å². The normalized spacial score (nSPS) is 10.7. The molecule has 116 valence electrons. The molecule has 0 saturated heterocycles. The van der Waals surface area contributed by atoms with Gasteiger partial charge in [0.1, 0.15) is 0 Å². The zero-order chi connectivity index (χ0) is 13.2. The van der Waals surface area contributed by atoms with Gasteiger partial charge < -0.3 is 19.9 Å². The second kappa shape index (κ2) is 13.3. The number of quaternary nitrogens is 2. The van der Waals surface area contributed by atoms with Gasteiger partial charge in [0, 0.05) is 0 Å². The third kappa shape index (κ3) is 36.0. The molecule has 4 heteroatoms. The van der Waals surface area contributed by atoms with Gasteiger partial charge in [-0.3, -0.25) is 0 Å². The lowest BCUT2D eigenvalue weighted by atomic mass is 10.3. The molecule has 0 aliphatic heterocycles. The summed E-state index contributed by atoms with van der Waals surface area (Å²) in [6, 6.07) is 0. The van der Waals surface area contributed by atoms with E-state index in [1.54, 1.807) is 0 Å². The Hall–Kier alpha value is -0.160. The lowest BCUT2D eigenvalue weighted by Crippen LogP contribution is -2.35. The number of hydrogen-bond acceptors (Lipinski definition) is 2. The third-order valence-electron chi connectivity index (χ3n) is 2.36. The Labute approximate surface area is 115 Å². The minimum Gasteiger partial charge on any atom is -0.870 e. The fourth-order valence-corrected chi connectivity index (χ4v) is 1.26. The molecule has 0 spiro atoms. The van der Waals surface area contributed by atoms with Crippen LogP contribution in [0.2, 0.25) is 0 Å². The van der Waals surface area contributed by atoms with Crippen LogP contribution in [0, 0.1) is 0 Å². The molecule has 0 bridgehead atoms. The molecule has 0 aromatic rings. The largest absolute Gasteiger partial charge is 0.870 e. The maximum absolute atomic E-state index is 2.23. The first-order valence-electron chi connectivity index (χ1n) is 6.73. The maximum atomic E-state index is 2.23. The van der Waals surface area contributed by atoms with Crippen LogP contribution in [-0.4, -0.2) is 75.3 Å². The van der Waals surface area contributed by atoms with E-state index in [9.17, 15) is 0 Å². The number of hydrogen-bond donors (Lipinski definition) is 0. The van der Waals surface area contributed by atoms with Crippen molar-refractivity contribution in [3.63, 3.8) is 0 Å². The molecular formula is C14H38N2O2. The fraction of sp³-hybridized carbons (Fsp3) is 1.00. The average Bonchev–Trinajstić information content (AvgIpc) is 2.10. The van der Waals surface area contributed by atoms with Crippen LogP contribution in [0.5, 0.6) is 0 Å². The Morgan fingerprint density at radius 3 is 0.833 bits per heavy atom. The molecule has 0 atom stereocenters. The van der Waals surface area contributed by atoms with Crippen LogP contribution in [0.15, 0.2) is 0 Å². The standard InChI is InChI=1S/2C7H18N.2H2O/c2*1-5-6-7-8(2,3)4;;/h2*5-7H2,1-4H3;2*1H2/q2*+1;;/p-2. The van der Waals surface area contributed by atoms with Crippen molar-refractivity contribution in [1.82, 2.24) is 0 Å². The van der Waals surface area contributed by atoms with Crippen molar-refractivity contribution in [1.29, 1.82) is 0 Å². The van der Waals surface area contributed by atoms with Gasteiger partial charge in [-0.15, -0.1) is 0 Å². The Morgan fingerprint density at radius 2 is 0.778 bits per heavy atom. The highest BCUT2D eigenvalue weighted by Crippen LogP contribution is 1.95. The number of nitrogens with zero attached hydrogens (tertiary/aromatic N) is 2. The van der Waals surface area contributed by atoms with E-state index in [0.29, 0.717) is 0 Å². The third-order valence-corrected chi connectivity index (χ3v) is 2.36. The first-order valence-corrected chi connectivity index (χ1v) is 6.73. The van der Waals surface area contributed by atoms with Crippen molar-refractivity contribution in [2.45, 2.75) is 39.5 Å². The van der Waals surface area contributed by atoms with E-state index in [-0.39, 0.29) is 11.0 Å². The number of unbranched alkanes of at least 4 members (excludes halogenated alkanes) is 2. The summed E-state index contributed by atoms with van der Waals surface area (Å²) >= 11 is 0. The molecule has 0 saturated carbocycles. The highest BCUT2D eigenvalue weighted by molar-refractivity contribution is 4.29. The van der Waals surface area contributed by atoms with Gasteiger partial charge in [-0.2, -0.15) is 0 Å². The van der Waals surface area contributed by atoms with Crippen molar-refractivity contribution < 1.29 is 19.9 Å². The van der Waals surface area contributed by atoms with Crippen LogP contribution < -0.4 is 0 Å². The second-order valence-electron chi connectivity index (χ2n) is 6.73. The molecule has 4 nitrogen and oxygen atoms in total. The summed E-state index contributed by atoms with van der Waals surface area (Å²) in [4.78, 5) is 0. The molecule has 0 amide bonds. The van der Waals surface area contributed by atoms with E-state index in [1.807, 2.05) is 0 Å². The number of rotatable bonds is 6. The predicted molar refractivity (Wildman–Crippen MR) is 79.5 cm³/mol. The molecule has 18 heavy (non-hydrogen) atoms. The molecule has 0 aliphatic carbocycles. The van der Waals surface area contributed by atoms with Crippen molar-refractivity contribution in [3.8, 4) is 0 Å². The minimum absolute atomic E-state index is 0. The molecule has 0 aliphatic rings. The summed E-state index contributed by atoms with van der Waals surface area (Å²) in [5, 5.41) is 0. The van der Waals surface area contributed by atoms with E-state index in [1.165, 1.54) is 38.8 Å². The van der Waals surface area contributed by atoms with Gasteiger partial charge >= 0.3 is 0 Å². The van der Waals surface area contributed by atoms with E-state index < -0.39 is 0 Å². The summed E-state index contributed by atoms with van der Waals surface area (Å²) in [5.41, 5.74) is 0. The van der Waals surface area contributed by atoms with Gasteiger partial charge in [-0.25, -0.2) is 0 Å². The van der Waals surface area contributed by atoms with Crippen LogP contribution in [0.1, 0.15) is 39.5 Å². The van der Waals surface area contributed by atoms with Crippen LogP contribution in [-0.2, 0) is 0 Å². The van der Waals surface area contributed by atoms with Gasteiger partial charge in [-0.1, -0.05) is 26.7 Å². The quantitative estimate of drug-likeness (QED) is 0.694. The second-order valence-corrected chi connectivity index (χ2v) is 6.73. The summed E-state index contributed by atoms with van der Waals surface area (Å²) in [6.07, 6.45) is 5.33. The lowest BCUT2D eigenvalue weighted by molar-refractivity contribution is -0.870. The highest BCUT2D eigenvalue weighted by Gasteiger charge is 2.03. The molecule has 0 aromatic carbocycles. The van der Waals surface area contributed by atoms with Crippen molar-refractivity contribution in [2.24, 2.45) is 0 Å².